The van der Waals surface area contributed by atoms with Gasteiger partial charge in [0.15, 0.2) is 12.3 Å². The predicted molar refractivity (Wildman–Crippen MR) is 78.6 cm³/mol. The van der Waals surface area contributed by atoms with Crippen LogP contribution in [0.4, 0.5) is 5.69 Å². The van der Waals surface area contributed by atoms with Crippen molar-refractivity contribution in [2.75, 3.05) is 11.9 Å². The molecule has 1 aliphatic rings. The number of aromatic carboxylic acids is 1. The fourth-order valence-corrected chi connectivity index (χ4v) is 1.78. The minimum absolute atomic E-state index is 0.0810. The lowest BCUT2D eigenvalue weighted by Gasteiger charge is -2.18. The molecule has 0 saturated carbocycles. The van der Waals surface area contributed by atoms with E-state index < -0.39 is 5.97 Å². The average Bonchev–Trinajstić information content (AvgIpc) is 2.94. The zero-order chi connectivity index (χ0) is 16.1. The molecule has 0 radical (unpaired) electrons. The maximum absolute atomic E-state index is 11.0. The number of carbonyl (C=O) groups is 2. The van der Waals surface area contributed by atoms with Gasteiger partial charge in [-0.25, -0.2) is 9.78 Å². The van der Waals surface area contributed by atoms with E-state index in [-0.39, 0.29) is 18.2 Å². The fraction of sp³-hybridized carbons (Fsp3) is 0.214. The van der Waals surface area contributed by atoms with Crippen LogP contribution in [0.2, 0.25) is 0 Å². The minimum atomic E-state index is -0.990. The number of rotatable bonds is 2. The molecule has 8 heteroatoms. The average molecular weight is 304 g/mol. The Kier molecular flexibility index (Phi) is 4.74. The molecule has 0 spiro atoms. The summed E-state index contributed by atoms with van der Waals surface area (Å²) in [6.07, 6.45) is 2.89. The van der Waals surface area contributed by atoms with Gasteiger partial charge in [-0.15, -0.1) is 0 Å². The van der Waals surface area contributed by atoms with Crippen molar-refractivity contribution in [1.29, 1.82) is 0 Å². The lowest BCUT2D eigenvalue weighted by atomic mass is 10.1. The maximum Gasteiger partial charge on any atom is 0.356 e. The third kappa shape index (κ3) is 3.83. The van der Waals surface area contributed by atoms with Gasteiger partial charge >= 0.3 is 5.97 Å². The number of nitrogens with zero attached hydrogens (tertiary/aromatic N) is 2. The number of carbonyl (C=O) groups excluding carboxylic acids is 1. The standard InChI is InChI=1S/C9H10N2O2.C5H6N2O2/c10-4-6-1-2-8-7(3-6)11-9(12)5-13-8;1-7-2-4(5(8)9)6-3-7/h1-3H,4-5,10H2,(H,11,12);2-3H,1H3,(H,8,9). The highest BCUT2D eigenvalue weighted by Crippen LogP contribution is 2.28. The SMILES string of the molecule is Cn1cnc(C(=O)O)c1.NCc1ccc2c(c1)NC(=O)CO2. The van der Waals surface area contributed by atoms with Gasteiger partial charge in [-0.05, 0) is 17.7 Å². The van der Waals surface area contributed by atoms with Crippen molar-refractivity contribution in [2.45, 2.75) is 6.54 Å². The Morgan fingerprint density at radius 3 is 2.86 bits per heavy atom. The number of hydrogen-bond donors (Lipinski definition) is 3. The zero-order valence-corrected chi connectivity index (χ0v) is 11.9. The second kappa shape index (κ2) is 6.72. The van der Waals surface area contributed by atoms with Crippen molar-refractivity contribution >= 4 is 17.6 Å². The van der Waals surface area contributed by atoms with Crippen LogP contribution in [0.5, 0.6) is 5.75 Å². The number of nitrogens with two attached hydrogens (primary N) is 1. The van der Waals surface area contributed by atoms with Gasteiger partial charge in [-0.3, -0.25) is 4.79 Å². The molecular weight excluding hydrogens is 288 g/mol. The largest absolute Gasteiger partial charge is 0.482 e. The topological polar surface area (TPSA) is 119 Å². The Hall–Kier alpha value is -2.87. The molecule has 2 aromatic rings. The Morgan fingerprint density at radius 2 is 2.32 bits per heavy atom. The van der Waals surface area contributed by atoms with Crippen LogP contribution in [0.25, 0.3) is 0 Å². The van der Waals surface area contributed by atoms with Crippen molar-refractivity contribution in [3.05, 3.63) is 42.0 Å². The summed E-state index contributed by atoms with van der Waals surface area (Å²) in [5.41, 5.74) is 7.23. The second-order valence-corrected chi connectivity index (χ2v) is 4.60. The monoisotopic (exact) mass is 304 g/mol. The first-order chi connectivity index (χ1) is 10.5. The van der Waals surface area contributed by atoms with Crippen LogP contribution in [-0.4, -0.2) is 33.1 Å². The molecule has 0 bridgehead atoms. The molecule has 0 saturated heterocycles. The first kappa shape index (κ1) is 15.5. The van der Waals surface area contributed by atoms with Gasteiger partial charge in [0.25, 0.3) is 5.91 Å². The number of imidazole rings is 1. The van der Waals surface area contributed by atoms with Gasteiger partial charge in [0.1, 0.15) is 5.75 Å². The number of ether oxygens (including phenoxy) is 1. The smallest absolute Gasteiger partial charge is 0.356 e. The van der Waals surface area contributed by atoms with E-state index in [1.54, 1.807) is 11.6 Å². The molecule has 0 aliphatic carbocycles. The summed E-state index contributed by atoms with van der Waals surface area (Å²) in [4.78, 5) is 24.7. The van der Waals surface area contributed by atoms with Crippen LogP contribution in [0, 0.1) is 0 Å². The number of benzene rings is 1. The summed E-state index contributed by atoms with van der Waals surface area (Å²) < 4.78 is 6.77. The summed E-state index contributed by atoms with van der Waals surface area (Å²) in [5, 5.41) is 11.0. The minimum Gasteiger partial charge on any atom is -0.482 e. The number of aryl methyl sites for hydroxylation is 1. The fourth-order valence-electron chi connectivity index (χ4n) is 1.78. The Balaban J connectivity index is 0.000000172. The van der Waals surface area contributed by atoms with Gasteiger partial charge in [0, 0.05) is 19.8 Å². The highest BCUT2D eigenvalue weighted by molar-refractivity contribution is 5.95. The predicted octanol–water partition coefficient (Wildman–Crippen LogP) is 0.594. The number of aromatic nitrogens is 2. The van der Waals surface area contributed by atoms with Crippen molar-refractivity contribution in [2.24, 2.45) is 12.8 Å². The van der Waals surface area contributed by atoms with Crippen molar-refractivity contribution in [3.63, 3.8) is 0 Å². The van der Waals surface area contributed by atoms with Gasteiger partial charge < -0.3 is 25.5 Å². The number of anilines is 1. The van der Waals surface area contributed by atoms with E-state index in [0.717, 1.165) is 5.56 Å². The van der Waals surface area contributed by atoms with E-state index in [1.807, 2.05) is 18.2 Å². The van der Waals surface area contributed by atoms with Gasteiger partial charge in [-0.2, -0.15) is 0 Å². The molecule has 2 heterocycles. The molecule has 0 fully saturated rings. The van der Waals surface area contributed by atoms with Gasteiger partial charge in [0.2, 0.25) is 0 Å². The van der Waals surface area contributed by atoms with Crippen LogP contribution in [0.3, 0.4) is 0 Å². The molecule has 8 nitrogen and oxygen atoms in total. The third-order valence-electron chi connectivity index (χ3n) is 2.84. The number of nitrogens with one attached hydrogen (secondary N) is 1. The molecule has 1 amide bonds. The molecule has 1 aliphatic heterocycles. The quantitative estimate of drug-likeness (QED) is 0.747. The molecule has 22 heavy (non-hydrogen) atoms. The van der Waals surface area contributed by atoms with Crippen molar-refractivity contribution < 1.29 is 19.4 Å². The lowest BCUT2D eigenvalue weighted by Crippen LogP contribution is -2.25. The molecular formula is C14H16N4O4. The summed E-state index contributed by atoms with van der Waals surface area (Å²) in [6.45, 7) is 0.554. The Labute approximate surface area is 126 Å². The van der Waals surface area contributed by atoms with E-state index in [2.05, 4.69) is 10.3 Å². The summed E-state index contributed by atoms with van der Waals surface area (Å²) >= 11 is 0. The Bertz CT molecular complexity index is 696. The van der Waals surface area contributed by atoms with Gasteiger partial charge in [0.05, 0.1) is 12.0 Å². The van der Waals surface area contributed by atoms with Crippen LogP contribution < -0.4 is 15.8 Å². The normalized spacial score (nSPS) is 12.4. The van der Waals surface area contributed by atoms with Crippen molar-refractivity contribution in [1.82, 2.24) is 9.55 Å². The lowest BCUT2D eigenvalue weighted by molar-refractivity contribution is -0.118. The van der Waals surface area contributed by atoms with E-state index >= 15 is 0 Å². The van der Waals surface area contributed by atoms with Crippen LogP contribution >= 0.6 is 0 Å². The first-order valence-electron chi connectivity index (χ1n) is 6.46. The molecule has 3 rings (SSSR count). The molecule has 0 atom stereocenters. The van der Waals surface area contributed by atoms with Crippen LogP contribution in [0.15, 0.2) is 30.7 Å². The molecule has 1 aromatic carbocycles. The second-order valence-electron chi connectivity index (χ2n) is 4.60. The first-order valence-corrected chi connectivity index (χ1v) is 6.46. The third-order valence-corrected chi connectivity index (χ3v) is 2.84. The van der Waals surface area contributed by atoms with Crippen LogP contribution in [0.1, 0.15) is 16.1 Å². The van der Waals surface area contributed by atoms with E-state index in [1.165, 1.54) is 12.5 Å². The molecule has 4 N–H and O–H groups in total. The van der Waals surface area contributed by atoms with E-state index in [4.69, 9.17) is 15.6 Å². The van der Waals surface area contributed by atoms with Crippen molar-refractivity contribution in [3.8, 4) is 5.75 Å². The number of amides is 1. The number of carboxylic acids is 1. The summed E-state index contributed by atoms with van der Waals surface area (Å²) in [7, 11) is 1.72. The highest BCUT2D eigenvalue weighted by Gasteiger charge is 2.15. The Morgan fingerprint density at radius 1 is 1.55 bits per heavy atom. The zero-order valence-electron chi connectivity index (χ0n) is 11.9. The van der Waals surface area contributed by atoms with Crippen LogP contribution in [-0.2, 0) is 18.4 Å². The maximum atomic E-state index is 11.0. The number of carboxylic acid groups (broad SMARTS) is 1. The summed E-state index contributed by atoms with van der Waals surface area (Å²) in [6, 6.07) is 5.53. The highest BCUT2D eigenvalue weighted by atomic mass is 16.5. The summed E-state index contributed by atoms with van der Waals surface area (Å²) in [5.74, 6) is -0.408. The molecule has 116 valence electrons. The van der Waals surface area contributed by atoms with Gasteiger partial charge in [-0.1, -0.05) is 6.07 Å². The number of hydrogen-bond acceptors (Lipinski definition) is 5. The van der Waals surface area contributed by atoms with E-state index in [0.29, 0.717) is 18.0 Å². The number of fused-ring (bicyclic) bond motifs is 1. The molecule has 1 aromatic heterocycles. The van der Waals surface area contributed by atoms with E-state index in [9.17, 15) is 9.59 Å². The molecule has 0 unspecified atom stereocenters.